The Morgan fingerprint density at radius 1 is 1.67 bits per heavy atom. The average molecular weight is 209 g/mol. The van der Waals surface area contributed by atoms with Gasteiger partial charge in [0.05, 0.1) is 18.6 Å². The number of ether oxygens (including phenoxy) is 1. The Kier molecular flexibility index (Phi) is 3.38. The van der Waals surface area contributed by atoms with E-state index in [9.17, 15) is 0 Å². The van der Waals surface area contributed by atoms with Gasteiger partial charge in [-0.25, -0.2) is 4.98 Å². The van der Waals surface area contributed by atoms with E-state index in [2.05, 4.69) is 28.7 Å². The molecule has 4 heteroatoms. The second-order valence-electron chi connectivity index (χ2n) is 4.33. The lowest BCUT2D eigenvalue weighted by atomic mass is 10.2. The molecular formula is C11H19N3O. The lowest BCUT2D eigenvalue weighted by Gasteiger charge is -2.14. The predicted molar refractivity (Wildman–Crippen MR) is 58.7 cm³/mol. The molecule has 1 fully saturated rings. The molecule has 0 amide bonds. The van der Waals surface area contributed by atoms with E-state index >= 15 is 0 Å². The molecule has 1 aromatic heterocycles. The minimum Gasteiger partial charge on any atom is -0.380 e. The topological polar surface area (TPSA) is 39.1 Å². The molecule has 4 nitrogen and oxygen atoms in total. The van der Waals surface area contributed by atoms with Gasteiger partial charge in [-0.1, -0.05) is 0 Å². The van der Waals surface area contributed by atoms with Crippen LogP contribution in [0.4, 0.5) is 0 Å². The maximum atomic E-state index is 5.32. The van der Waals surface area contributed by atoms with Gasteiger partial charge in [0, 0.05) is 31.4 Å². The van der Waals surface area contributed by atoms with Crippen LogP contribution >= 0.6 is 0 Å². The highest BCUT2D eigenvalue weighted by molar-refractivity contribution is 4.99. The van der Waals surface area contributed by atoms with Crippen molar-refractivity contribution in [3.8, 4) is 0 Å². The molecule has 1 atom stereocenters. The Balaban J connectivity index is 1.89. The van der Waals surface area contributed by atoms with Gasteiger partial charge < -0.3 is 14.6 Å². The van der Waals surface area contributed by atoms with Crippen LogP contribution in [0, 0.1) is 0 Å². The smallest absolute Gasteiger partial charge is 0.0951 e. The Bertz CT molecular complexity index is 303. The van der Waals surface area contributed by atoms with E-state index in [4.69, 9.17) is 4.74 Å². The van der Waals surface area contributed by atoms with E-state index in [0.717, 1.165) is 26.2 Å². The van der Waals surface area contributed by atoms with E-state index in [1.807, 2.05) is 12.5 Å². The van der Waals surface area contributed by atoms with Crippen molar-refractivity contribution in [2.75, 3.05) is 13.2 Å². The fourth-order valence-electron chi connectivity index (χ4n) is 1.88. The maximum absolute atomic E-state index is 5.32. The van der Waals surface area contributed by atoms with Crippen LogP contribution in [0.25, 0.3) is 0 Å². The number of rotatable bonds is 4. The third kappa shape index (κ3) is 2.58. The summed E-state index contributed by atoms with van der Waals surface area (Å²) in [5.41, 5.74) is 1.25. The highest BCUT2D eigenvalue weighted by Crippen LogP contribution is 2.10. The van der Waals surface area contributed by atoms with Gasteiger partial charge in [0.1, 0.15) is 0 Å². The summed E-state index contributed by atoms with van der Waals surface area (Å²) in [6.07, 6.45) is 4.95. The quantitative estimate of drug-likeness (QED) is 0.813. The SMILES string of the molecule is CC(C)n1cncc1CNC1CCOC1. The summed E-state index contributed by atoms with van der Waals surface area (Å²) in [4.78, 5) is 4.18. The molecule has 0 spiro atoms. The summed E-state index contributed by atoms with van der Waals surface area (Å²) in [5, 5.41) is 3.49. The molecule has 1 aliphatic heterocycles. The van der Waals surface area contributed by atoms with Crippen molar-refractivity contribution in [2.24, 2.45) is 0 Å². The van der Waals surface area contributed by atoms with E-state index in [-0.39, 0.29) is 0 Å². The summed E-state index contributed by atoms with van der Waals surface area (Å²) >= 11 is 0. The Hall–Kier alpha value is -0.870. The van der Waals surface area contributed by atoms with Crippen molar-refractivity contribution in [1.82, 2.24) is 14.9 Å². The van der Waals surface area contributed by atoms with Crippen molar-refractivity contribution in [1.29, 1.82) is 0 Å². The predicted octanol–water partition coefficient (Wildman–Crippen LogP) is 1.34. The lowest BCUT2D eigenvalue weighted by molar-refractivity contribution is 0.189. The van der Waals surface area contributed by atoms with E-state index in [1.54, 1.807) is 0 Å². The zero-order valence-electron chi connectivity index (χ0n) is 9.44. The van der Waals surface area contributed by atoms with Gasteiger partial charge in [0.2, 0.25) is 0 Å². The van der Waals surface area contributed by atoms with Gasteiger partial charge in [0.15, 0.2) is 0 Å². The first-order valence-corrected chi connectivity index (χ1v) is 5.59. The molecular weight excluding hydrogens is 190 g/mol. The van der Waals surface area contributed by atoms with E-state index in [1.165, 1.54) is 5.69 Å². The Labute approximate surface area is 90.6 Å². The first kappa shape index (κ1) is 10.6. The van der Waals surface area contributed by atoms with Crippen molar-refractivity contribution < 1.29 is 4.74 Å². The van der Waals surface area contributed by atoms with Crippen molar-refractivity contribution in [3.63, 3.8) is 0 Å². The maximum Gasteiger partial charge on any atom is 0.0951 e. The second kappa shape index (κ2) is 4.77. The van der Waals surface area contributed by atoms with Crippen LogP contribution in [-0.4, -0.2) is 28.8 Å². The number of imidazole rings is 1. The number of aromatic nitrogens is 2. The average Bonchev–Trinajstić information content (AvgIpc) is 2.86. The number of nitrogens with one attached hydrogen (secondary N) is 1. The van der Waals surface area contributed by atoms with Crippen LogP contribution in [0.1, 0.15) is 32.0 Å². The summed E-state index contributed by atoms with van der Waals surface area (Å²) in [6.45, 7) is 6.96. The molecule has 2 rings (SSSR count). The molecule has 0 aromatic carbocycles. The normalized spacial score (nSPS) is 21.4. The molecule has 2 heterocycles. The molecule has 1 aliphatic rings. The monoisotopic (exact) mass is 209 g/mol. The third-order valence-electron chi connectivity index (χ3n) is 2.80. The fraction of sp³-hybridized carbons (Fsp3) is 0.727. The molecule has 1 N–H and O–H groups in total. The standard InChI is InChI=1S/C11H19N3O/c1-9(2)14-8-12-5-11(14)6-13-10-3-4-15-7-10/h5,8-10,13H,3-4,6-7H2,1-2H3. The number of hydrogen-bond donors (Lipinski definition) is 1. The summed E-state index contributed by atoms with van der Waals surface area (Å²) in [5.74, 6) is 0. The second-order valence-corrected chi connectivity index (χ2v) is 4.33. The molecule has 0 radical (unpaired) electrons. The van der Waals surface area contributed by atoms with Crippen LogP contribution in [-0.2, 0) is 11.3 Å². The fourth-order valence-corrected chi connectivity index (χ4v) is 1.88. The number of nitrogens with zero attached hydrogens (tertiary/aromatic N) is 2. The zero-order valence-corrected chi connectivity index (χ0v) is 9.44. The van der Waals surface area contributed by atoms with Gasteiger partial charge in [-0.05, 0) is 20.3 Å². The molecule has 84 valence electrons. The van der Waals surface area contributed by atoms with Gasteiger partial charge in [-0.15, -0.1) is 0 Å². The molecule has 0 bridgehead atoms. The van der Waals surface area contributed by atoms with Gasteiger partial charge in [-0.2, -0.15) is 0 Å². The van der Waals surface area contributed by atoms with Crippen LogP contribution in [0.5, 0.6) is 0 Å². The molecule has 0 saturated carbocycles. The van der Waals surface area contributed by atoms with Crippen LogP contribution in [0.15, 0.2) is 12.5 Å². The highest BCUT2D eigenvalue weighted by Gasteiger charge is 2.15. The summed E-state index contributed by atoms with van der Waals surface area (Å²) in [6, 6.07) is 0.990. The first-order valence-electron chi connectivity index (χ1n) is 5.59. The Morgan fingerprint density at radius 3 is 3.20 bits per heavy atom. The molecule has 1 unspecified atom stereocenters. The highest BCUT2D eigenvalue weighted by atomic mass is 16.5. The van der Waals surface area contributed by atoms with Crippen molar-refractivity contribution in [3.05, 3.63) is 18.2 Å². The van der Waals surface area contributed by atoms with E-state index < -0.39 is 0 Å². The van der Waals surface area contributed by atoms with Gasteiger partial charge >= 0.3 is 0 Å². The van der Waals surface area contributed by atoms with Crippen molar-refractivity contribution >= 4 is 0 Å². The van der Waals surface area contributed by atoms with Gasteiger partial charge in [-0.3, -0.25) is 0 Å². The van der Waals surface area contributed by atoms with Crippen molar-refractivity contribution in [2.45, 2.75) is 38.9 Å². The number of hydrogen-bond acceptors (Lipinski definition) is 3. The lowest BCUT2D eigenvalue weighted by Crippen LogP contribution is -2.29. The largest absolute Gasteiger partial charge is 0.380 e. The summed E-state index contributed by atoms with van der Waals surface area (Å²) in [7, 11) is 0. The molecule has 1 aromatic rings. The van der Waals surface area contributed by atoms with Gasteiger partial charge in [0.25, 0.3) is 0 Å². The van der Waals surface area contributed by atoms with Crippen LogP contribution in [0.2, 0.25) is 0 Å². The van der Waals surface area contributed by atoms with Crippen LogP contribution < -0.4 is 5.32 Å². The van der Waals surface area contributed by atoms with E-state index in [0.29, 0.717) is 12.1 Å². The Morgan fingerprint density at radius 2 is 2.53 bits per heavy atom. The summed E-state index contributed by atoms with van der Waals surface area (Å²) < 4.78 is 7.52. The third-order valence-corrected chi connectivity index (χ3v) is 2.80. The van der Waals surface area contributed by atoms with Crippen LogP contribution in [0.3, 0.4) is 0 Å². The molecule has 1 saturated heterocycles. The molecule has 15 heavy (non-hydrogen) atoms. The minimum absolute atomic E-state index is 0.476. The zero-order chi connectivity index (χ0) is 10.7. The molecule has 0 aliphatic carbocycles. The minimum atomic E-state index is 0.476. The first-order chi connectivity index (χ1) is 7.27.